The van der Waals surface area contributed by atoms with Gasteiger partial charge < -0.3 is 15.2 Å². The number of aryl methyl sites for hydroxylation is 1. The zero-order chi connectivity index (χ0) is 15.2. The highest BCUT2D eigenvalue weighted by Crippen LogP contribution is 2.21. The maximum Gasteiger partial charge on any atom is 0.119 e. The Morgan fingerprint density at radius 3 is 2.86 bits per heavy atom. The lowest BCUT2D eigenvalue weighted by molar-refractivity contribution is 0.104. The van der Waals surface area contributed by atoms with Crippen LogP contribution in [0.5, 0.6) is 5.75 Å². The van der Waals surface area contributed by atoms with E-state index in [1.807, 2.05) is 25.1 Å². The quantitative estimate of drug-likeness (QED) is 0.813. The Kier molecular flexibility index (Phi) is 6.06. The van der Waals surface area contributed by atoms with Crippen LogP contribution in [0.4, 0.5) is 0 Å². The summed E-state index contributed by atoms with van der Waals surface area (Å²) in [7, 11) is 0. The minimum Gasteiger partial charge on any atom is -0.491 e. The number of rotatable bonds is 7. The molecule has 1 heterocycles. The van der Waals surface area contributed by atoms with Gasteiger partial charge in [0, 0.05) is 22.5 Å². The van der Waals surface area contributed by atoms with Crippen LogP contribution < -0.4 is 10.1 Å². The zero-order valence-corrected chi connectivity index (χ0v) is 13.7. The number of benzene rings is 1. The summed E-state index contributed by atoms with van der Waals surface area (Å²) in [6, 6.07) is 9.83. The molecule has 3 nitrogen and oxygen atoms in total. The van der Waals surface area contributed by atoms with Gasteiger partial charge in [0.2, 0.25) is 0 Å². The second kappa shape index (κ2) is 7.80. The average Bonchev–Trinajstić information content (AvgIpc) is 3.00. The SMILES string of the molecule is Cc1cc(OCC(O)CN[C@H](C)c2cccs2)ccc1Cl. The Morgan fingerprint density at radius 2 is 2.19 bits per heavy atom. The molecule has 0 aliphatic heterocycles. The van der Waals surface area contributed by atoms with Gasteiger partial charge in [-0.25, -0.2) is 0 Å². The molecule has 114 valence electrons. The number of ether oxygens (including phenoxy) is 1. The van der Waals surface area contributed by atoms with Crippen LogP contribution in [0.1, 0.15) is 23.4 Å². The maximum absolute atomic E-state index is 9.97. The van der Waals surface area contributed by atoms with Crippen molar-refractivity contribution in [1.29, 1.82) is 0 Å². The molecule has 0 fully saturated rings. The fourth-order valence-corrected chi connectivity index (χ4v) is 2.79. The molecule has 0 amide bonds. The molecule has 0 aliphatic rings. The molecule has 0 spiro atoms. The highest BCUT2D eigenvalue weighted by Gasteiger charge is 2.10. The summed E-state index contributed by atoms with van der Waals surface area (Å²) in [5, 5.41) is 16.0. The van der Waals surface area contributed by atoms with Gasteiger partial charge in [0.05, 0.1) is 0 Å². The topological polar surface area (TPSA) is 41.5 Å². The first-order valence-corrected chi connectivity index (χ1v) is 8.16. The average molecular weight is 326 g/mol. The Balaban J connectivity index is 1.74. The number of aliphatic hydroxyl groups excluding tert-OH is 1. The lowest BCUT2D eigenvalue weighted by Gasteiger charge is -2.17. The highest BCUT2D eigenvalue weighted by molar-refractivity contribution is 7.10. The molecule has 1 aromatic carbocycles. The van der Waals surface area contributed by atoms with Gasteiger partial charge in [-0.2, -0.15) is 0 Å². The summed E-state index contributed by atoms with van der Waals surface area (Å²) in [6.07, 6.45) is -0.552. The summed E-state index contributed by atoms with van der Waals surface area (Å²) >= 11 is 7.67. The Hall–Kier alpha value is -1.07. The molecule has 0 radical (unpaired) electrons. The predicted molar refractivity (Wildman–Crippen MR) is 88.4 cm³/mol. The molecule has 2 aromatic rings. The minimum atomic E-state index is -0.552. The van der Waals surface area contributed by atoms with E-state index in [0.717, 1.165) is 11.3 Å². The van der Waals surface area contributed by atoms with Crippen molar-refractivity contribution in [1.82, 2.24) is 5.32 Å². The summed E-state index contributed by atoms with van der Waals surface area (Å²) in [6.45, 7) is 4.76. The molecule has 0 aliphatic carbocycles. The number of thiophene rings is 1. The summed E-state index contributed by atoms with van der Waals surface area (Å²) in [5.41, 5.74) is 0.966. The van der Waals surface area contributed by atoms with Crippen molar-refractivity contribution >= 4 is 22.9 Å². The Bertz CT molecular complexity index is 559. The van der Waals surface area contributed by atoms with Crippen LogP contribution in [-0.4, -0.2) is 24.4 Å². The van der Waals surface area contributed by atoms with Crippen molar-refractivity contribution in [3.63, 3.8) is 0 Å². The van der Waals surface area contributed by atoms with Crippen molar-refractivity contribution in [3.8, 4) is 5.75 Å². The smallest absolute Gasteiger partial charge is 0.119 e. The summed E-state index contributed by atoms with van der Waals surface area (Å²) < 4.78 is 5.58. The third kappa shape index (κ3) is 5.00. The first kappa shape index (κ1) is 16.3. The van der Waals surface area contributed by atoms with Crippen LogP contribution in [-0.2, 0) is 0 Å². The standard InChI is InChI=1S/C16H20ClNO2S/c1-11-8-14(5-6-15(11)17)20-10-13(19)9-18-12(2)16-4-3-7-21-16/h3-8,12-13,18-19H,9-10H2,1-2H3/t12-,13?/m1/s1. The summed E-state index contributed by atoms with van der Waals surface area (Å²) in [5.74, 6) is 0.724. The molecule has 0 bridgehead atoms. The first-order valence-electron chi connectivity index (χ1n) is 6.90. The third-order valence-electron chi connectivity index (χ3n) is 3.20. The van der Waals surface area contributed by atoms with E-state index < -0.39 is 6.10 Å². The lowest BCUT2D eigenvalue weighted by Crippen LogP contribution is -2.32. The van der Waals surface area contributed by atoms with E-state index in [0.29, 0.717) is 11.6 Å². The fraction of sp³-hybridized carbons (Fsp3) is 0.375. The molecule has 2 atom stereocenters. The van der Waals surface area contributed by atoms with Crippen molar-refractivity contribution in [2.75, 3.05) is 13.2 Å². The molecule has 1 unspecified atom stereocenters. The van der Waals surface area contributed by atoms with Crippen molar-refractivity contribution in [2.45, 2.75) is 26.0 Å². The van der Waals surface area contributed by atoms with Gasteiger partial charge in [0.25, 0.3) is 0 Å². The van der Waals surface area contributed by atoms with Gasteiger partial charge in [-0.05, 0) is 49.1 Å². The molecule has 2 rings (SSSR count). The van der Waals surface area contributed by atoms with Crippen LogP contribution >= 0.6 is 22.9 Å². The highest BCUT2D eigenvalue weighted by atomic mass is 35.5. The van der Waals surface area contributed by atoms with Crippen LogP contribution in [0.25, 0.3) is 0 Å². The van der Waals surface area contributed by atoms with E-state index in [1.165, 1.54) is 4.88 Å². The van der Waals surface area contributed by atoms with Gasteiger partial charge in [-0.1, -0.05) is 17.7 Å². The van der Waals surface area contributed by atoms with Crippen LogP contribution in [0, 0.1) is 6.92 Å². The predicted octanol–water partition coefficient (Wildman–Crippen LogP) is 3.80. The Labute approximate surface area is 134 Å². The van der Waals surface area contributed by atoms with Crippen molar-refractivity contribution in [3.05, 3.63) is 51.2 Å². The van der Waals surface area contributed by atoms with E-state index in [-0.39, 0.29) is 12.6 Å². The zero-order valence-electron chi connectivity index (χ0n) is 12.2. The number of nitrogens with one attached hydrogen (secondary N) is 1. The monoisotopic (exact) mass is 325 g/mol. The summed E-state index contributed by atoms with van der Waals surface area (Å²) in [4.78, 5) is 1.26. The van der Waals surface area contributed by atoms with Gasteiger partial charge in [-0.3, -0.25) is 0 Å². The second-order valence-electron chi connectivity index (χ2n) is 5.02. The second-order valence-corrected chi connectivity index (χ2v) is 6.41. The normalized spacial score (nSPS) is 13.9. The molecule has 21 heavy (non-hydrogen) atoms. The van der Waals surface area contributed by atoms with E-state index in [1.54, 1.807) is 17.4 Å². The number of aliphatic hydroxyl groups is 1. The number of hydrogen-bond donors (Lipinski definition) is 2. The first-order chi connectivity index (χ1) is 10.1. The largest absolute Gasteiger partial charge is 0.491 e. The third-order valence-corrected chi connectivity index (χ3v) is 4.68. The van der Waals surface area contributed by atoms with Crippen molar-refractivity contribution in [2.24, 2.45) is 0 Å². The van der Waals surface area contributed by atoms with E-state index in [4.69, 9.17) is 16.3 Å². The van der Waals surface area contributed by atoms with Crippen LogP contribution in [0.3, 0.4) is 0 Å². The van der Waals surface area contributed by atoms with Crippen LogP contribution in [0.15, 0.2) is 35.7 Å². The van der Waals surface area contributed by atoms with E-state index >= 15 is 0 Å². The molecule has 1 aromatic heterocycles. The number of halogens is 1. The van der Waals surface area contributed by atoms with E-state index in [2.05, 4.69) is 23.7 Å². The van der Waals surface area contributed by atoms with E-state index in [9.17, 15) is 5.11 Å². The van der Waals surface area contributed by atoms with Gasteiger partial charge in [0.15, 0.2) is 0 Å². The molecular weight excluding hydrogens is 306 g/mol. The van der Waals surface area contributed by atoms with Crippen LogP contribution in [0.2, 0.25) is 5.02 Å². The van der Waals surface area contributed by atoms with Gasteiger partial charge in [0.1, 0.15) is 18.5 Å². The fourth-order valence-electron chi connectivity index (χ4n) is 1.91. The van der Waals surface area contributed by atoms with Gasteiger partial charge in [-0.15, -0.1) is 11.3 Å². The molecular formula is C16H20ClNO2S. The van der Waals surface area contributed by atoms with Crippen molar-refractivity contribution < 1.29 is 9.84 Å². The lowest BCUT2D eigenvalue weighted by atomic mass is 10.2. The maximum atomic E-state index is 9.97. The molecule has 0 saturated heterocycles. The molecule has 5 heteroatoms. The number of hydrogen-bond acceptors (Lipinski definition) is 4. The minimum absolute atomic E-state index is 0.234. The molecule has 2 N–H and O–H groups in total. The molecule has 0 saturated carbocycles. The van der Waals surface area contributed by atoms with Gasteiger partial charge >= 0.3 is 0 Å². The Morgan fingerprint density at radius 1 is 1.38 bits per heavy atom.